The summed E-state index contributed by atoms with van der Waals surface area (Å²) in [4.78, 5) is 18.5. The van der Waals surface area contributed by atoms with Crippen molar-refractivity contribution in [3.63, 3.8) is 0 Å². The van der Waals surface area contributed by atoms with Crippen molar-refractivity contribution >= 4 is 17.2 Å². The number of thiazole rings is 1. The number of aliphatic hydroxyl groups is 1. The predicted molar refractivity (Wildman–Crippen MR) is 90.7 cm³/mol. The highest BCUT2D eigenvalue weighted by molar-refractivity contribution is 7.07. The average Bonchev–Trinajstić information content (AvgIpc) is 3.03. The molecule has 0 spiro atoms. The van der Waals surface area contributed by atoms with Crippen molar-refractivity contribution in [1.82, 2.24) is 9.88 Å². The molecule has 1 aromatic carbocycles. The number of benzene rings is 1. The number of rotatable bonds is 7. The zero-order valence-corrected chi connectivity index (χ0v) is 14.4. The van der Waals surface area contributed by atoms with Crippen LogP contribution >= 0.6 is 11.3 Å². The van der Waals surface area contributed by atoms with Crippen LogP contribution in [0.1, 0.15) is 36.8 Å². The molecule has 0 bridgehead atoms. The fourth-order valence-electron chi connectivity index (χ4n) is 2.16. The van der Waals surface area contributed by atoms with Crippen LogP contribution in [0.4, 0.5) is 0 Å². The van der Waals surface area contributed by atoms with Crippen molar-refractivity contribution in [1.29, 1.82) is 0 Å². The van der Waals surface area contributed by atoms with E-state index in [0.717, 1.165) is 5.69 Å². The smallest absolute Gasteiger partial charge is 0.254 e. The molecule has 2 aromatic rings. The second-order valence-electron chi connectivity index (χ2n) is 5.70. The fourth-order valence-corrected chi connectivity index (χ4v) is 2.71. The lowest BCUT2D eigenvalue weighted by Crippen LogP contribution is -2.41. The topological polar surface area (TPSA) is 62.7 Å². The van der Waals surface area contributed by atoms with Crippen LogP contribution in [-0.4, -0.2) is 39.6 Å². The molecular weight excluding hydrogens is 312 g/mol. The minimum Gasteiger partial charge on any atom is -0.487 e. The van der Waals surface area contributed by atoms with Crippen LogP contribution in [0, 0.1) is 0 Å². The van der Waals surface area contributed by atoms with Gasteiger partial charge in [-0.15, -0.1) is 11.3 Å². The normalized spacial score (nSPS) is 12.2. The number of hydrogen-bond donors (Lipinski definition) is 1. The number of hydrogen-bond acceptors (Lipinski definition) is 5. The second kappa shape index (κ2) is 8.08. The summed E-state index contributed by atoms with van der Waals surface area (Å²) < 4.78 is 5.69. The first kappa shape index (κ1) is 17.4. The third kappa shape index (κ3) is 5.04. The van der Waals surface area contributed by atoms with Crippen LogP contribution in [-0.2, 0) is 6.61 Å². The molecule has 0 aliphatic heterocycles. The molecular formula is C17H22N2O3S. The molecule has 1 amide bonds. The minimum absolute atomic E-state index is 0.0108. The number of nitrogens with zero attached hydrogens (tertiary/aromatic N) is 2. The number of amides is 1. The lowest BCUT2D eigenvalue weighted by atomic mass is 10.1. The van der Waals surface area contributed by atoms with E-state index >= 15 is 0 Å². The summed E-state index contributed by atoms with van der Waals surface area (Å²) in [6, 6.07) is 7.11. The summed E-state index contributed by atoms with van der Waals surface area (Å²) in [7, 11) is 0. The van der Waals surface area contributed by atoms with Gasteiger partial charge in [-0.25, -0.2) is 4.98 Å². The van der Waals surface area contributed by atoms with Crippen molar-refractivity contribution in [3.05, 3.63) is 46.4 Å². The van der Waals surface area contributed by atoms with Crippen molar-refractivity contribution in [2.24, 2.45) is 0 Å². The van der Waals surface area contributed by atoms with Crippen molar-refractivity contribution < 1.29 is 14.6 Å². The Labute approximate surface area is 140 Å². The van der Waals surface area contributed by atoms with Gasteiger partial charge in [0.25, 0.3) is 5.91 Å². The van der Waals surface area contributed by atoms with Crippen LogP contribution < -0.4 is 4.74 Å². The molecule has 0 aliphatic carbocycles. The van der Waals surface area contributed by atoms with E-state index in [1.807, 2.05) is 25.3 Å². The number of carbonyl (C=O) groups excluding carboxylic acids is 1. The Hall–Kier alpha value is -1.92. The Morgan fingerprint density at radius 2 is 2.17 bits per heavy atom. The highest BCUT2D eigenvalue weighted by atomic mass is 32.1. The molecule has 23 heavy (non-hydrogen) atoms. The van der Waals surface area contributed by atoms with E-state index in [1.165, 1.54) is 11.3 Å². The Morgan fingerprint density at radius 3 is 2.78 bits per heavy atom. The summed E-state index contributed by atoms with van der Waals surface area (Å²) in [6.45, 7) is 6.23. The molecule has 0 saturated heterocycles. The Bertz CT molecular complexity index is 627. The average molecular weight is 334 g/mol. The summed E-state index contributed by atoms with van der Waals surface area (Å²) in [5.74, 6) is 0.518. The quantitative estimate of drug-likeness (QED) is 0.845. The van der Waals surface area contributed by atoms with Crippen LogP contribution in [0.25, 0.3) is 0 Å². The van der Waals surface area contributed by atoms with E-state index in [-0.39, 0.29) is 11.9 Å². The maximum Gasteiger partial charge on any atom is 0.254 e. The number of ether oxygens (including phenoxy) is 1. The first-order valence-electron chi connectivity index (χ1n) is 7.56. The Balaban J connectivity index is 2.09. The van der Waals surface area contributed by atoms with Gasteiger partial charge in [-0.3, -0.25) is 4.79 Å². The molecule has 1 aromatic heterocycles. The van der Waals surface area contributed by atoms with Crippen LogP contribution in [0.5, 0.6) is 5.75 Å². The lowest BCUT2D eigenvalue weighted by molar-refractivity contribution is 0.0578. The van der Waals surface area contributed by atoms with Gasteiger partial charge in [0.2, 0.25) is 0 Å². The highest BCUT2D eigenvalue weighted by Gasteiger charge is 2.20. The van der Waals surface area contributed by atoms with E-state index in [1.54, 1.807) is 35.5 Å². The maximum absolute atomic E-state index is 12.7. The molecule has 0 aliphatic rings. The minimum atomic E-state index is -0.564. The van der Waals surface area contributed by atoms with Gasteiger partial charge in [0.05, 0.1) is 17.3 Å². The summed E-state index contributed by atoms with van der Waals surface area (Å²) >= 11 is 1.52. The van der Waals surface area contributed by atoms with E-state index in [9.17, 15) is 9.90 Å². The van der Waals surface area contributed by atoms with Crippen LogP contribution in [0.2, 0.25) is 0 Å². The van der Waals surface area contributed by atoms with E-state index in [2.05, 4.69) is 4.98 Å². The van der Waals surface area contributed by atoms with Gasteiger partial charge in [-0.1, -0.05) is 6.07 Å². The van der Waals surface area contributed by atoms with Crippen molar-refractivity contribution in [3.8, 4) is 5.75 Å². The van der Waals surface area contributed by atoms with E-state index in [0.29, 0.717) is 24.5 Å². The SMILES string of the molecule is CC(O)CN(C(=O)c1cccc(OCc2cscn2)c1)C(C)C. The molecule has 2 rings (SSSR count). The van der Waals surface area contributed by atoms with Gasteiger partial charge >= 0.3 is 0 Å². The number of carbonyl (C=O) groups is 1. The fraction of sp³-hybridized carbons (Fsp3) is 0.412. The molecule has 6 heteroatoms. The Morgan fingerprint density at radius 1 is 1.39 bits per heavy atom. The first-order chi connectivity index (χ1) is 11.0. The van der Waals surface area contributed by atoms with Gasteiger partial charge in [0.1, 0.15) is 12.4 Å². The highest BCUT2D eigenvalue weighted by Crippen LogP contribution is 2.18. The van der Waals surface area contributed by atoms with Crippen molar-refractivity contribution in [2.45, 2.75) is 39.5 Å². The molecule has 1 heterocycles. The molecule has 1 N–H and O–H groups in total. The molecule has 0 fully saturated rings. The second-order valence-corrected chi connectivity index (χ2v) is 6.42. The lowest BCUT2D eigenvalue weighted by Gasteiger charge is -2.28. The van der Waals surface area contributed by atoms with E-state index in [4.69, 9.17) is 4.74 Å². The predicted octanol–water partition coefficient (Wildman–Crippen LogP) is 2.95. The largest absolute Gasteiger partial charge is 0.487 e. The Kier molecular flexibility index (Phi) is 6.12. The molecule has 1 unspecified atom stereocenters. The van der Waals surface area contributed by atoms with Gasteiger partial charge in [0.15, 0.2) is 0 Å². The van der Waals surface area contributed by atoms with Gasteiger partial charge in [-0.2, -0.15) is 0 Å². The van der Waals surface area contributed by atoms with Gasteiger partial charge < -0.3 is 14.7 Å². The third-order valence-electron chi connectivity index (χ3n) is 3.30. The maximum atomic E-state index is 12.7. The summed E-state index contributed by atoms with van der Waals surface area (Å²) in [6.07, 6.45) is -0.564. The number of aromatic nitrogens is 1. The van der Waals surface area contributed by atoms with Gasteiger partial charge in [0, 0.05) is 23.5 Å². The zero-order chi connectivity index (χ0) is 16.8. The van der Waals surface area contributed by atoms with Crippen LogP contribution in [0.3, 0.4) is 0 Å². The summed E-state index contributed by atoms with van der Waals surface area (Å²) in [5, 5.41) is 11.5. The third-order valence-corrected chi connectivity index (χ3v) is 3.93. The van der Waals surface area contributed by atoms with Crippen molar-refractivity contribution in [2.75, 3.05) is 6.54 Å². The monoisotopic (exact) mass is 334 g/mol. The molecule has 124 valence electrons. The number of aliphatic hydroxyl groups excluding tert-OH is 1. The molecule has 5 nitrogen and oxygen atoms in total. The molecule has 1 atom stereocenters. The molecule has 0 radical (unpaired) electrons. The van der Waals surface area contributed by atoms with Crippen LogP contribution in [0.15, 0.2) is 35.2 Å². The zero-order valence-electron chi connectivity index (χ0n) is 13.6. The van der Waals surface area contributed by atoms with E-state index < -0.39 is 6.10 Å². The first-order valence-corrected chi connectivity index (χ1v) is 8.50. The summed E-state index contributed by atoms with van der Waals surface area (Å²) in [5.41, 5.74) is 3.18. The standard InChI is InChI=1S/C17H22N2O3S/c1-12(2)19(8-13(3)20)17(21)14-5-4-6-16(7-14)22-9-15-10-23-11-18-15/h4-7,10-13,20H,8-9H2,1-3H3. The van der Waals surface area contributed by atoms with Gasteiger partial charge in [-0.05, 0) is 39.0 Å². The molecule has 0 saturated carbocycles.